The summed E-state index contributed by atoms with van der Waals surface area (Å²) in [5.41, 5.74) is 2.24. The van der Waals surface area contributed by atoms with E-state index in [0.717, 1.165) is 11.4 Å². The molecule has 0 saturated heterocycles. The molecule has 2 rings (SSSR count). The van der Waals surface area contributed by atoms with Crippen LogP contribution in [0.1, 0.15) is 136 Å². The topological polar surface area (TPSA) is 12.0 Å². The minimum absolute atomic E-state index is 0.366. The Morgan fingerprint density at radius 1 is 0.395 bits per heavy atom. The van der Waals surface area contributed by atoms with Gasteiger partial charge in [0, 0.05) is 11.4 Å². The van der Waals surface area contributed by atoms with Crippen LogP contribution in [0, 0.1) is 0 Å². The van der Waals surface area contributed by atoms with Crippen LogP contribution >= 0.6 is 7.92 Å². The molecule has 0 bridgehead atoms. The maximum absolute atomic E-state index is 3.30. The Bertz CT molecular complexity index is 626. The summed E-state index contributed by atoms with van der Waals surface area (Å²) >= 11 is 0. The van der Waals surface area contributed by atoms with Gasteiger partial charge in [0.1, 0.15) is 0 Å². The molecule has 0 amide bonds. The van der Waals surface area contributed by atoms with E-state index in [4.69, 9.17) is 0 Å². The lowest BCUT2D eigenvalue weighted by Crippen LogP contribution is -1.97. The molecule has 0 radical (unpaired) electrons. The van der Waals surface area contributed by atoms with Crippen molar-refractivity contribution in [2.75, 3.05) is 23.8 Å². The highest BCUT2D eigenvalue weighted by molar-refractivity contribution is 7.57. The number of anilines is 2. The van der Waals surface area contributed by atoms with E-state index < -0.39 is 0 Å². The number of hydrogen-bond donors (Lipinski definition) is 1. The predicted molar refractivity (Wildman–Crippen MR) is 178 cm³/mol. The predicted octanol–water partition coefficient (Wildman–Crippen LogP) is 13.0. The molecule has 2 aromatic rings. The summed E-state index contributed by atoms with van der Waals surface area (Å²) < 4.78 is 0. The summed E-state index contributed by atoms with van der Waals surface area (Å²) in [4.78, 5) is 0. The highest BCUT2D eigenvalue weighted by Crippen LogP contribution is 2.39. The summed E-state index contributed by atoms with van der Waals surface area (Å²) in [5.74, 6) is 0. The SMILES string of the molecule is CCCCCCCCP(CCCCCCCC)CCCCCCCC.c1ccc(Nc2ccccc2)cc1. The van der Waals surface area contributed by atoms with Gasteiger partial charge in [-0.05, 0) is 62.0 Å². The Morgan fingerprint density at radius 3 is 1.00 bits per heavy atom. The van der Waals surface area contributed by atoms with Crippen LogP contribution in [-0.4, -0.2) is 18.5 Å². The maximum atomic E-state index is 3.30. The molecule has 0 spiro atoms. The second-order valence-corrected chi connectivity index (χ2v) is 13.7. The Kier molecular flexibility index (Phi) is 24.9. The summed E-state index contributed by atoms with van der Waals surface area (Å²) in [5, 5.41) is 3.30. The van der Waals surface area contributed by atoms with Crippen molar-refractivity contribution in [1.29, 1.82) is 0 Å². The van der Waals surface area contributed by atoms with Crippen LogP contribution in [0.2, 0.25) is 0 Å². The molecule has 0 aliphatic heterocycles. The molecule has 0 aliphatic carbocycles. The second kappa shape index (κ2) is 27.2. The fraction of sp³-hybridized carbons (Fsp3) is 0.667. The van der Waals surface area contributed by atoms with E-state index in [1.54, 1.807) is 18.5 Å². The van der Waals surface area contributed by atoms with Gasteiger partial charge in [-0.3, -0.25) is 0 Å². The third-order valence-corrected chi connectivity index (χ3v) is 10.2. The first kappa shape index (κ1) is 34.7. The van der Waals surface area contributed by atoms with Gasteiger partial charge in [-0.15, -0.1) is 7.92 Å². The third kappa shape index (κ3) is 21.6. The molecular formula is C36H62NP. The normalized spacial score (nSPS) is 10.8. The lowest BCUT2D eigenvalue weighted by molar-refractivity contribution is 0.617. The van der Waals surface area contributed by atoms with Gasteiger partial charge in [0.2, 0.25) is 0 Å². The average molecular weight is 540 g/mol. The summed E-state index contributed by atoms with van der Waals surface area (Å²) in [6.07, 6.45) is 31.2. The van der Waals surface area contributed by atoms with Gasteiger partial charge in [-0.1, -0.05) is 153 Å². The van der Waals surface area contributed by atoms with Gasteiger partial charge in [0.15, 0.2) is 0 Å². The van der Waals surface area contributed by atoms with Crippen molar-refractivity contribution in [2.24, 2.45) is 0 Å². The zero-order valence-corrected chi connectivity index (χ0v) is 26.5. The molecule has 0 aliphatic rings. The quantitative estimate of drug-likeness (QED) is 0.109. The van der Waals surface area contributed by atoms with E-state index in [1.165, 1.54) is 116 Å². The fourth-order valence-electron chi connectivity index (χ4n) is 4.89. The molecule has 0 aromatic heterocycles. The summed E-state index contributed by atoms with van der Waals surface area (Å²) in [6.45, 7) is 6.96. The van der Waals surface area contributed by atoms with Gasteiger partial charge in [-0.2, -0.15) is 0 Å². The number of unbranched alkanes of at least 4 members (excludes halogenated alkanes) is 15. The second-order valence-electron chi connectivity index (χ2n) is 11.0. The first-order chi connectivity index (χ1) is 18.8. The van der Waals surface area contributed by atoms with Crippen molar-refractivity contribution >= 4 is 19.3 Å². The first-order valence-electron chi connectivity index (χ1n) is 16.4. The fourth-order valence-corrected chi connectivity index (χ4v) is 7.58. The molecule has 2 aromatic carbocycles. The zero-order chi connectivity index (χ0) is 27.4. The molecule has 0 fully saturated rings. The van der Waals surface area contributed by atoms with Crippen molar-refractivity contribution in [3.63, 3.8) is 0 Å². The number of benzene rings is 2. The lowest BCUT2D eigenvalue weighted by atomic mass is 10.1. The third-order valence-electron chi connectivity index (χ3n) is 7.32. The van der Waals surface area contributed by atoms with E-state index in [9.17, 15) is 0 Å². The summed E-state index contributed by atoms with van der Waals surface area (Å²) in [7, 11) is 0.366. The van der Waals surface area contributed by atoms with Gasteiger partial charge in [-0.25, -0.2) is 0 Å². The molecule has 0 atom stereocenters. The van der Waals surface area contributed by atoms with Gasteiger partial charge in [0.05, 0.1) is 0 Å². The Morgan fingerprint density at radius 2 is 0.684 bits per heavy atom. The highest BCUT2D eigenvalue weighted by atomic mass is 31.1. The maximum Gasteiger partial charge on any atom is 0.0384 e. The lowest BCUT2D eigenvalue weighted by Gasteiger charge is -2.18. The van der Waals surface area contributed by atoms with Crippen molar-refractivity contribution in [3.8, 4) is 0 Å². The molecule has 0 heterocycles. The minimum atomic E-state index is 0.366. The monoisotopic (exact) mass is 539 g/mol. The van der Waals surface area contributed by atoms with Crippen molar-refractivity contribution in [3.05, 3.63) is 60.7 Å². The molecule has 216 valence electrons. The van der Waals surface area contributed by atoms with Gasteiger partial charge >= 0.3 is 0 Å². The molecule has 1 nitrogen and oxygen atoms in total. The minimum Gasteiger partial charge on any atom is -0.356 e. The van der Waals surface area contributed by atoms with Crippen molar-refractivity contribution < 1.29 is 0 Å². The Labute approximate surface area is 239 Å². The van der Waals surface area contributed by atoms with Crippen molar-refractivity contribution in [1.82, 2.24) is 0 Å². The standard InChI is InChI=1S/C24H51P.C12H11N/c1-4-7-10-13-16-19-22-25(23-20-17-14-11-8-5-2)24-21-18-15-12-9-6-3;1-3-7-11(8-4-1)13-12-9-5-2-6-10-12/h4-24H2,1-3H3;1-10,13H. The zero-order valence-electron chi connectivity index (χ0n) is 25.6. The van der Waals surface area contributed by atoms with E-state index in [2.05, 4.69) is 26.1 Å². The average Bonchev–Trinajstić information content (AvgIpc) is 2.95. The highest BCUT2D eigenvalue weighted by Gasteiger charge is 2.08. The number of rotatable bonds is 23. The summed E-state index contributed by atoms with van der Waals surface area (Å²) in [6, 6.07) is 20.3. The van der Waals surface area contributed by atoms with Crippen molar-refractivity contribution in [2.45, 2.75) is 136 Å². The largest absolute Gasteiger partial charge is 0.356 e. The van der Waals surface area contributed by atoms with Gasteiger partial charge < -0.3 is 5.32 Å². The van der Waals surface area contributed by atoms with Gasteiger partial charge in [0.25, 0.3) is 0 Å². The smallest absolute Gasteiger partial charge is 0.0384 e. The van der Waals surface area contributed by atoms with Crippen LogP contribution in [0.4, 0.5) is 11.4 Å². The van der Waals surface area contributed by atoms with Crippen LogP contribution < -0.4 is 5.32 Å². The molecular weight excluding hydrogens is 477 g/mol. The molecule has 2 heteroatoms. The molecule has 0 unspecified atom stereocenters. The van der Waals surface area contributed by atoms with E-state index >= 15 is 0 Å². The Balaban J connectivity index is 0.000000457. The molecule has 1 N–H and O–H groups in total. The van der Waals surface area contributed by atoms with Crippen LogP contribution in [0.5, 0.6) is 0 Å². The molecule has 38 heavy (non-hydrogen) atoms. The van der Waals surface area contributed by atoms with E-state index in [1.807, 2.05) is 60.7 Å². The van der Waals surface area contributed by atoms with Crippen LogP contribution in [-0.2, 0) is 0 Å². The van der Waals surface area contributed by atoms with Crippen LogP contribution in [0.25, 0.3) is 0 Å². The first-order valence-corrected chi connectivity index (χ1v) is 18.3. The number of nitrogens with one attached hydrogen (secondary N) is 1. The van der Waals surface area contributed by atoms with E-state index in [-0.39, 0.29) is 0 Å². The van der Waals surface area contributed by atoms with Crippen LogP contribution in [0.3, 0.4) is 0 Å². The van der Waals surface area contributed by atoms with E-state index in [0.29, 0.717) is 7.92 Å². The Hall–Kier alpha value is -1.33. The van der Waals surface area contributed by atoms with Crippen LogP contribution in [0.15, 0.2) is 60.7 Å². The number of para-hydroxylation sites is 2. The molecule has 0 saturated carbocycles. The number of hydrogen-bond acceptors (Lipinski definition) is 1.